The van der Waals surface area contributed by atoms with Crippen LogP contribution in [0.5, 0.6) is 0 Å². The molecule has 192 valence electrons. The Kier molecular flexibility index (Phi) is 6.78. The lowest BCUT2D eigenvalue weighted by atomic mass is 9.96. The van der Waals surface area contributed by atoms with E-state index in [-0.39, 0.29) is 11.9 Å². The number of aryl methyl sites for hydroxylation is 2. The van der Waals surface area contributed by atoms with Crippen LogP contribution in [-0.4, -0.2) is 51.7 Å². The second-order valence-electron chi connectivity index (χ2n) is 9.81. The number of carbonyl (C=O) groups is 1. The van der Waals surface area contributed by atoms with Crippen LogP contribution in [0.25, 0.3) is 15.9 Å². The summed E-state index contributed by atoms with van der Waals surface area (Å²) >= 11 is 7.72. The summed E-state index contributed by atoms with van der Waals surface area (Å²) < 4.78 is 1.98. The van der Waals surface area contributed by atoms with Crippen molar-refractivity contribution in [2.75, 3.05) is 26.2 Å². The fourth-order valence-corrected chi connectivity index (χ4v) is 6.62. The van der Waals surface area contributed by atoms with Crippen LogP contribution in [0.1, 0.15) is 38.1 Å². The third-order valence-corrected chi connectivity index (χ3v) is 8.72. The van der Waals surface area contributed by atoms with E-state index in [9.17, 15) is 4.79 Å². The number of rotatable bonds is 5. The smallest absolute Gasteiger partial charge is 0.264 e. The van der Waals surface area contributed by atoms with Gasteiger partial charge in [0, 0.05) is 36.6 Å². The normalized spacial score (nSPS) is 15.2. The topological polar surface area (TPSA) is 41.4 Å². The first-order chi connectivity index (χ1) is 18.5. The lowest BCUT2D eigenvalue weighted by Crippen LogP contribution is -2.49. The number of halogens is 1. The minimum Gasteiger partial charge on any atom is -0.335 e. The van der Waals surface area contributed by atoms with Crippen molar-refractivity contribution in [3.05, 3.63) is 117 Å². The number of hydrogen-bond donors (Lipinski definition) is 0. The minimum atomic E-state index is 0.101. The van der Waals surface area contributed by atoms with Gasteiger partial charge in [0.15, 0.2) is 0 Å². The predicted molar refractivity (Wildman–Crippen MR) is 156 cm³/mol. The third kappa shape index (κ3) is 4.64. The van der Waals surface area contributed by atoms with Gasteiger partial charge in [0.2, 0.25) is 0 Å². The molecule has 0 saturated carbocycles. The van der Waals surface area contributed by atoms with E-state index in [1.165, 1.54) is 22.5 Å². The molecule has 0 bridgehead atoms. The summed E-state index contributed by atoms with van der Waals surface area (Å²) in [5.74, 6) is 0.101. The van der Waals surface area contributed by atoms with Gasteiger partial charge in [0.25, 0.3) is 5.91 Å². The number of fused-ring (bicyclic) bond motifs is 1. The summed E-state index contributed by atoms with van der Waals surface area (Å²) in [5.41, 5.74) is 5.60. The van der Waals surface area contributed by atoms with E-state index in [1.54, 1.807) is 0 Å². The molecule has 38 heavy (non-hydrogen) atoms. The van der Waals surface area contributed by atoms with Crippen molar-refractivity contribution >= 4 is 39.1 Å². The van der Waals surface area contributed by atoms with Crippen LogP contribution < -0.4 is 0 Å². The molecule has 1 aliphatic heterocycles. The van der Waals surface area contributed by atoms with Gasteiger partial charge in [-0.25, -0.2) is 4.68 Å². The van der Waals surface area contributed by atoms with Gasteiger partial charge in [-0.05, 0) is 54.8 Å². The van der Waals surface area contributed by atoms with E-state index in [0.29, 0.717) is 13.1 Å². The Balaban J connectivity index is 1.23. The minimum absolute atomic E-state index is 0.101. The molecular formula is C31H29ClN4OS. The zero-order valence-electron chi connectivity index (χ0n) is 21.5. The first kappa shape index (κ1) is 24.9. The van der Waals surface area contributed by atoms with Crippen molar-refractivity contribution in [1.82, 2.24) is 19.6 Å². The number of carbonyl (C=O) groups excluding carboxylic acids is 1. The van der Waals surface area contributed by atoms with Crippen molar-refractivity contribution in [3.63, 3.8) is 0 Å². The standard InChI is InChI=1S/C31H29ClN4OS/c1-21-8-6-7-11-27(21)36-31-26(22(2)33-36)20-28(38-31)30(37)35-18-16-34(17-19-35)29(23-9-4-3-5-10-23)24-12-14-25(32)15-13-24/h3-15,20,29H,16-19H2,1-2H3. The first-order valence-corrected chi connectivity index (χ1v) is 14.1. The SMILES string of the molecule is Cc1ccccc1-n1nc(C)c2cc(C(=O)N3CCN(C(c4ccccc4)c4ccc(Cl)cc4)CC3)sc21. The molecule has 1 fully saturated rings. The molecule has 6 rings (SSSR count). The molecule has 5 nitrogen and oxygen atoms in total. The maximum atomic E-state index is 13.6. The molecule has 1 aliphatic rings. The summed E-state index contributed by atoms with van der Waals surface area (Å²) in [4.78, 5) is 19.9. The van der Waals surface area contributed by atoms with Crippen molar-refractivity contribution in [3.8, 4) is 5.69 Å². The fourth-order valence-electron chi connectivity index (χ4n) is 5.35. The number of hydrogen-bond acceptors (Lipinski definition) is 4. The number of thiophene rings is 1. The second-order valence-corrected chi connectivity index (χ2v) is 11.3. The number of nitrogens with zero attached hydrogens (tertiary/aromatic N) is 4. The molecular weight excluding hydrogens is 512 g/mol. The highest BCUT2D eigenvalue weighted by Crippen LogP contribution is 2.33. The number of piperazine rings is 1. The van der Waals surface area contributed by atoms with Crippen molar-refractivity contribution in [1.29, 1.82) is 0 Å². The van der Waals surface area contributed by atoms with Crippen LogP contribution in [0.2, 0.25) is 5.02 Å². The first-order valence-electron chi connectivity index (χ1n) is 12.9. The molecule has 0 radical (unpaired) electrons. The van der Waals surface area contributed by atoms with E-state index in [1.807, 2.05) is 52.9 Å². The maximum Gasteiger partial charge on any atom is 0.264 e. The van der Waals surface area contributed by atoms with Crippen LogP contribution in [0, 0.1) is 13.8 Å². The fraction of sp³-hybridized carbons (Fsp3) is 0.226. The molecule has 3 aromatic carbocycles. The Labute approximate surface area is 231 Å². The summed E-state index contributed by atoms with van der Waals surface area (Å²) in [6, 6.07) is 29.0. The number of para-hydroxylation sites is 1. The maximum absolute atomic E-state index is 13.6. The molecule has 5 aromatic rings. The Hall–Kier alpha value is -3.45. The highest BCUT2D eigenvalue weighted by molar-refractivity contribution is 7.20. The van der Waals surface area contributed by atoms with E-state index >= 15 is 0 Å². The van der Waals surface area contributed by atoms with E-state index in [4.69, 9.17) is 16.7 Å². The van der Waals surface area contributed by atoms with E-state index in [2.05, 4.69) is 60.4 Å². The lowest BCUT2D eigenvalue weighted by Gasteiger charge is -2.39. The molecule has 0 spiro atoms. The lowest BCUT2D eigenvalue weighted by molar-refractivity contribution is 0.0602. The van der Waals surface area contributed by atoms with Gasteiger partial charge in [-0.3, -0.25) is 9.69 Å². The summed E-state index contributed by atoms with van der Waals surface area (Å²) in [6.45, 7) is 7.07. The summed E-state index contributed by atoms with van der Waals surface area (Å²) in [7, 11) is 0. The number of benzene rings is 3. The highest BCUT2D eigenvalue weighted by Gasteiger charge is 2.30. The van der Waals surface area contributed by atoms with Crippen LogP contribution in [-0.2, 0) is 0 Å². The average Bonchev–Trinajstić information content (AvgIpc) is 3.51. The van der Waals surface area contributed by atoms with E-state index in [0.717, 1.165) is 50.2 Å². The molecule has 1 amide bonds. The summed E-state index contributed by atoms with van der Waals surface area (Å²) in [5, 5.41) is 6.56. The summed E-state index contributed by atoms with van der Waals surface area (Å²) in [6.07, 6.45) is 0. The molecule has 1 atom stereocenters. The van der Waals surface area contributed by atoms with Gasteiger partial charge in [-0.2, -0.15) is 5.10 Å². The van der Waals surface area contributed by atoms with Gasteiger partial charge in [0.1, 0.15) is 4.83 Å². The number of aromatic nitrogens is 2. The Morgan fingerprint density at radius 2 is 1.53 bits per heavy atom. The predicted octanol–water partition coefficient (Wildman–Crippen LogP) is 6.90. The molecule has 0 N–H and O–H groups in total. The van der Waals surface area contributed by atoms with Crippen LogP contribution in [0.3, 0.4) is 0 Å². The third-order valence-electron chi connectivity index (χ3n) is 7.37. The molecule has 0 aliphatic carbocycles. The van der Waals surface area contributed by atoms with Gasteiger partial charge in [0.05, 0.1) is 22.3 Å². The van der Waals surface area contributed by atoms with Crippen molar-refractivity contribution < 1.29 is 4.79 Å². The Morgan fingerprint density at radius 1 is 0.868 bits per heavy atom. The van der Waals surface area contributed by atoms with Crippen LogP contribution >= 0.6 is 22.9 Å². The molecule has 7 heteroatoms. The second kappa shape index (κ2) is 10.4. The molecule has 1 unspecified atom stereocenters. The largest absolute Gasteiger partial charge is 0.335 e. The van der Waals surface area contributed by atoms with Crippen molar-refractivity contribution in [2.24, 2.45) is 0 Å². The monoisotopic (exact) mass is 540 g/mol. The zero-order chi connectivity index (χ0) is 26.2. The van der Waals surface area contributed by atoms with Gasteiger partial charge >= 0.3 is 0 Å². The van der Waals surface area contributed by atoms with Gasteiger partial charge in [-0.1, -0.05) is 72.3 Å². The number of amides is 1. The van der Waals surface area contributed by atoms with Crippen molar-refractivity contribution in [2.45, 2.75) is 19.9 Å². The van der Waals surface area contributed by atoms with Crippen LogP contribution in [0.4, 0.5) is 0 Å². The van der Waals surface area contributed by atoms with Crippen LogP contribution in [0.15, 0.2) is 84.9 Å². The molecule has 2 aromatic heterocycles. The Bertz CT molecular complexity index is 1580. The molecule has 1 saturated heterocycles. The quantitative estimate of drug-likeness (QED) is 0.243. The zero-order valence-corrected chi connectivity index (χ0v) is 23.0. The molecule has 3 heterocycles. The van der Waals surface area contributed by atoms with Gasteiger partial charge < -0.3 is 4.90 Å². The Morgan fingerprint density at radius 3 is 2.24 bits per heavy atom. The van der Waals surface area contributed by atoms with E-state index < -0.39 is 0 Å². The van der Waals surface area contributed by atoms with Gasteiger partial charge in [-0.15, -0.1) is 11.3 Å². The average molecular weight is 541 g/mol. The highest BCUT2D eigenvalue weighted by atomic mass is 35.5.